The molecule has 0 aliphatic heterocycles. The molecule has 0 spiro atoms. The van der Waals surface area contributed by atoms with Gasteiger partial charge in [-0.15, -0.1) is 0 Å². The Kier molecular flexibility index (Phi) is 5.68. The van der Waals surface area contributed by atoms with E-state index in [1.165, 1.54) is 43.2 Å². The number of hydrogen-bond donors (Lipinski definition) is 2. The van der Waals surface area contributed by atoms with Gasteiger partial charge >= 0.3 is 0 Å². The average molecular weight is 358 g/mol. The van der Waals surface area contributed by atoms with Crippen molar-refractivity contribution in [2.24, 2.45) is 5.92 Å². The van der Waals surface area contributed by atoms with E-state index in [0.29, 0.717) is 0 Å². The minimum Gasteiger partial charge on any atom is -0.301 e. The van der Waals surface area contributed by atoms with Crippen LogP contribution in [0.3, 0.4) is 0 Å². The molecule has 0 atom stereocenters. The topological polar surface area (TPSA) is 37.0 Å². The molecular weight excluding hydrogens is 330 g/mol. The molecule has 4 rings (SSSR count). The standard InChI is InChI=1S/C24H27N3/c1-2-6-19(5-1)17-20-8-12-22(13-9-20)26-27-23-14-10-21(11-15-23)18-24-7-3-4-16-25-24/h3-4,7-16,19,26-27H,1-2,5-6,17-18H2. The second kappa shape index (κ2) is 8.72. The number of nitrogens with zero attached hydrogens (tertiary/aromatic N) is 1. The van der Waals surface area contributed by atoms with Crippen molar-refractivity contribution < 1.29 is 0 Å². The number of rotatable bonds is 7. The zero-order chi connectivity index (χ0) is 18.3. The van der Waals surface area contributed by atoms with Gasteiger partial charge in [0, 0.05) is 18.3 Å². The maximum Gasteiger partial charge on any atom is 0.0540 e. The summed E-state index contributed by atoms with van der Waals surface area (Å²) in [5, 5.41) is 0. The van der Waals surface area contributed by atoms with E-state index in [4.69, 9.17) is 0 Å². The van der Waals surface area contributed by atoms with Crippen LogP contribution in [0.2, 0.25) is 0 Å². The van der Waals surface area contributed by atoms with E-state index in [0.717, 1.165) is 29.4 Å². The van der Waals surface area contributed by atoms with Crippen molar-refractivity contribution in [3.05, 3.63) is 89.7 Å². The Balaban J connectivity index is 1.28. The molecule has 0 saturated heterocycles. The third-order valence-corrected chi connectivity index (χ3v) is 5.37. The maximum absolute atomic E-state index is 4.38. The van der Waals surface area contributed by atoms with Crippen LogP contribution in [0.1, 0.15) is 42.5 Å². The minimum atomic E-state index is 0.858. The van der Waals surface area contributed by atoms with Crippen LogP contribution in [0.5, 0.6) is 0 Å². The van der Waals surface area contributed by atoms with Gasteiger partial charge in [-0.3, -0.25) is 4.98 Å². The molecule has 3 aromatic rings. The summed E-state index contributed by atoms with van der Waals surface area (Å²) in [6.07, 6.45) is 9.55. The van der Waals surface area contributed by atoms with Crippen molar-refractivity contribution >= 4 is 11.4 Å². The Morgan fingerprint density at radius 3 is 1.96 bits per heavy atom. The Morgan fingerprint density at radius 1 is 0.741 bits per heavy atom. The predicted molar refractivity (Wildman–Crippen MR) is 113 cm³/mol. The zero-order valence-corrected chi connectivity index (χ0v) is 15.7. The lowest BCUT2D eigenvalue weighted by Gasteiger charge is -2.12. The molecule has 0 bridgehead atoms. The fourth-order valence-corrected chi connectivity index (χ4v) is 3.83. The van der Waals surface area contributed by atoms with Crippen molar-refractivity contribution in [2.45, 2.75) is 38.5 Å². The SMILES string of the molecule is c1ccc(Cc2ccc(NNc3ccc(CC4CCCC4)cc3)cc2)nc1. The number of aromatic nitrogens is 1. The van der Waals surface area contributed by atoms with E-state index < -0.39 is 0 Å². The molecular formula is C24H27N3. The first-order chi connectivity index (χ1) is 13.3. The number of nitrogens with one attached hydrogen (secondary N) is 2. The van der Waals surface area contributed by atoms with Crippen LogP contribution in [0.15, 0.2) is 72.9 Å². The molecule has 1 saturated carbocycles. The molecule has 2 aromatic carbocycles. The Labute approximate surface area is 161 Å². The van der Waals surface area contributed by atoms with E-state index in [1.807, 2.05) is 18.3 Å². The number of hydrazine groups is 1. The summed E-state index contributed by atoms with van der Waals surface area (Å²) < 4.78 is 0. The van der Waals surface area contributed by atoms with Crippen LogP contribution >= 0.6 is 0 Å². The molecule has 1 aliphatic rings. The van der Waals surface area contributed by atoms with Gasteiger partial charge in [-0.05, 0) is 59.9 Å². The molecule has 1 heterocycles. The zero-order valence-electron chi connectivity index (χ0n) is 15.7. The van der Waals surface area contributed by atoms with E-state index in [9.17, 15) is 0 Å². The van der Waals surface area contributed by atoms with Crippen LogP contribution in [0, 0.1) is 5.92 Å². The fourth-order valence-electron chi connectivity index (χ4n) is 3.83. The second-order valence-corrected chi connectivity index (χ2v) is 7.50. The lowest BCUT2D eigenvalue weighted by molar-refractivity contribution is 0.546. The molecule has 138 valence electrons. The van der Waals surface area contributed by atoms with Crippen molar-refractivity contribution in [3.8, 4) is 0 Å². The number of anilines is 2. The van der Waals surface area contributed by atoms with E-state index in [1.54, 1.807) is 0 Å². The highest BCUT2D eigenvalue weighted by Crippen LogP contribution is 2.28. The summed E-state index contributed by atoms with van der Waals surface area (Å²) in [7, 11) is 0. The van der Waals surface area contributed by atoms with Crippen molar-refractivity contribution in [2.75, 3.05) is 10.9 Å². The summed E-state index contributed by atoms with van der Waals surface area (Å²) in [5.41, 5.74) is 12.5. The van der Waals surface area contributed by atoms with E-state index in [-0.39, 0.29) is 0 Å². The van der Waals surface area contributed by atoms with Crippen LogP contribution < -0.4 is 10.9 Å². The van der Waals surface area contributed by atoms with Gasteiger partial charge in [-0.2, -0.15) is 0 Å². The summed E-state index contributed by atoms with van der Waals surface area (Å²) >= 11 is 0. The Bertz CT molecular complexity index is 820. The third kappa shape index (κ3) is 5.10. The highest BCUT2D eigenvalue weighted by molar-refractivity contribution is 5.53. The predicted octanol–water partition coefficient (Wildman–Crippen LogP) is 5.84. The normalized spacial score (nSPS) is 14.2. The molecule has 2 N–H and O–H groups in total. The van der Waals surface area contributed by atoms with Crippen LogP contribution in [0.25, 0.3) is 0 Å². The van der Waals surface area contributed by atoms with Gasteiger partial charge in [0.25, 0.3) is 0 Å². The first-order valence-corrected chi connectivity index (χ1v) is 9.95. The third-order valence-electron chi connectivity index (χ3n) is 5.37. The van der Waals surface area contributed by atoms with Crippen molar-refractivity contribution in [3.63, 3.8) is 0 Å². The first-order valence-electron chi connectivity index (χ1n) is 9.95. The lowest BCUT2D eigenvalue weighted by atomic mass is 9.98. The summed E-state index contributed by atoms with van der Waals surface area (Å²) in [5.74, 6) is 0.895. The van der Waals surface area contributed by atoms with E-state index in [2.05, 4.69) is 70.4 Å². The van der Waals surface area contributed by atoms with Gasteiger partial charge in [0.05, 0.1) is 11.4 Å². The largest absolute Gasteiger partial charge is 0.301 e. The van der Waals surface area contributed by atoms with Crippen LogP contribution in [-0.2, 0) is 12.8 Å². The molecule has 27 heavy (non-hydrogen) atoms. The molecule has 3 heteroatoms. The van der Waals surface area contributed by atoms with Gasteiger partial charge in [0.2, 0.25) is 0 Å². The molecule has 1 aliphatic carbocycles. The quantitative estimate of drug-likeness (QED) is 0.521. The Hall–Kier alpha value is -2.81. The lowest BCUT2D eigenvalue weighted by Crippen LogP contribution is -2.08. The van der Waals surface area contributed by atoms with Gasteiger partial charge in [-0.1, -0.05) is 56.0 Å². The monoisotopic (exact) mass is 357 g/mol. The maximum atomic E-state index is 4.38. The molecule has 3 nitrogen and oxygen atoms in total. The van der Waals surface area contributed by atoms with Crippen molar-refractivity contribution in [1.82, 2.24) is 4.98 Å². The van der Waals surface area contributed by atoms with Gasteiger partial charge in [0.1, 0.15) is 0 Å². The molecule has 1 aromatic heterocycles. The van der Waals surface area contributed by atoms with Gasteiger partial charge in [-0.25, -0.2) is 0 Å². The highest BCUT2D eigenvalue weighted by atomic mass is 15.4. The molecule has 0 unspecified atom stereocenters. The fraction of sp³-hybridized carbons (Fsp3) is 0.292. The highest BCUT2D eigenvalue weighted by Gasteiger charge is 2.15. The summed E-state index contributed by atoms with van der Waals surface area (Å²) in [6.45, 7) is 0. The van der Waals surface area contributed by atoms with Gasteiger partial charge in [0.15, 0.2) is 0 Å². The molecule has 0 amide bonds. The molecule has 1 fully saturated rings. The summed E-state index contributed by atoms with van der Waals surface area (Å²) in [4.78, 5) is 4.38. The number of pyridine rings is 1. The van der Waals surface area contributed by atoms with E-state index >= 15 is 0 Å². The smallest absolute Gasteiger partial charge is 0.0540 e. The van der Waals surface area contributed by atoms with Crippen molar-refractivity contribution in [1.29, 1.82) is 0 Å². The average Bonchev–Trinajstić information content (AvgIpc) is 3.22. The number of hydrogen-bond acceptors (Lipinski definition) is 3. The Morgan fingerprint density at radius 2 is 1.37 bits per heavy atom. The van der Waals surface area contributed by atoms with Crippen LogP contribution in [-0.4, -0.2) is 4.98 Å². The van der Waals surface area contributed by atoms with Gasteiger partial charge < -0.3 is 10.9 Å². The minimum absolute atomic E-state index is 0.858. The van der Waals surface area contributed by atoms with Crippen LogP contribution in [0.4, 0.5) is 11.4 Å². The summed E-state index contributed by atoms with van der Waals surface area (Å²) in [6, 6.07) is 23.3. The molecule has 0 radical (unpaired) electrons. The first kappa shape index (κ1) is 17.6. The second-order valence-electron chi connectivity index (χ2n) is 7.50. The number of benzene rings is 2.